The van der Waals surface area contributed by atoms with Crippen LogP contribution in [-0.4, -0.2) is 28.5 Å². The van der Waals surface area contributed by atoms with Crippen LogP contribution in [0.5, 0.6) is 5.75 Å². The Bertz CT molecular complexity index is 653. The van der Waals surface area contributed by atoms with Crippen molar-refractivity contribution >= 4 is 11.6 Å². The molecule has 0 atom stereocenters. The molecule has 0 bridgehead atoms. The third-order valence-corrected chi connectivity index (χ3v) is 3.05. The van der Waals surface area contributed by atoms with Crippen molar-refractivity contribution < 1.29 is 14.5 Å². The summed E-state index contributed by atoms with van der Waals surface area (Å²) in [6.45, 7) is 3.03. The third-order valence-electron chi connectivity index (χ3n) is 3.05. The lowest BCUT2D eigenvalue weighted by molar-refractivity contribution is -0.385. The minimum atomic E-state index is -0.580. The van der Waals surface area contributed by atoms with Crippen LogP contribution in [0.15, 0.2) is 42.7 Å². The number of nitrogens with one attached hydrogen (secondary N) is 1. The topological polar surface area (TPSA) is 86.4 Å². The molecule has 7 heteroatoms. The molecule has 0 aliphatic rings. The van der Waals surface area contributed by atoms with E-state index in [1.54, 1.807) is 13.0 Å². The van der Waals surface area contributed by atoms with E-state index in [9.17, 15) is 14.9 Å². The normalized spacial score (nSPS) is 10.2. The Balaban J connectivity index is 2.14. The summed E-state index contributed by atoms with van der Waals surface area (Å²) in [5.41, 5.74) is -0.300. The molecule has 0 aliphatic carbocycles. The Labute approximate surface area is 127 Å². The first-order valence-corrected chi connectivity index (χ1v) is 6.92. The number of nitrogens with zero attached hydrogens (tertiary/aromatic N) is 2. The van der Waals surface area contributed by atoms with Crippen LogP contribution >= 0.6 is 0 Å². The van der Waals surface area contributed by atoms with Gasteiger partial charge in [0, 0.05) is 31.5 Å². The van der Waals surface area contributed by atoms with Gasteiger partial charge in [-0.3, -0.25) is 14.9 Å². The van der Waals surface area contributed by atoms with Gasteiger partial charge in [-0.25, -0.2) is 0 Å². The van der Waals surface area contributed by atoms with Crippen molar-refractivity contribution in [2.24, 2.45) is 0 Å². The van der Waals surface area contributed by atoms with Crippen molar-refractivity contribution in [2.45, 2.75) is 13.5 Å². The number of aromatic nitrogens is 1. The molecule has 2 aromatic rings. The summed E-state index contributed by atoms with van der Waals surface area (Å²) in [5, 5.41) is 13.8. The summed E-state index contributed by atoms with van der Waals surface area (Å²) >= 11 is 0. The van der Waals surface area contributed by atoms with Gasteiger partial charge in [0.25, 0.3) is 11.6 Å². The van der Waals surface area contributed by atoms with Crippen LogP contribution in [0.4, 0.5) is 5.69 Å². The van der Waals surface area contributed by atoms with Gasteiger partial charge in [-0.1, -0.05) is 6.07 Å². The lowest BCUT2D eigenvalue weighted by Gasteiger charge is -2.11. The average molecular weight is 303 g/mol. The predicted molar refractivity (Wildman–Crippen MR) is 81.0 cm³/mol. The zero-order valence-electron chi connectivity index (χ0n) is 12.2. The smallest absolute Gasteiger partial charge is 0.285 e. The van der Waals surface area contributed by atoms with E-state index < -0.39 is 10.8 Å². The lowest BCUT2D eigenvalue weighted by Crippen LogP contribution is -2.28. The molecule has 1 N–H and O–H groups in total. The van der Waals surface area contributed by atoms with Gasteiger partial charge in [-0.05, 0) is 25.1 Å². The van der Waals surface area contributed by atoms with E-state index in [1.807, 2.05) is 29.1 Å². The molecule has 7 nitrogen and oxygen atoms in total. The first kappa shape index (κ1) is 15.6. The van der Waals surface area contributed by atoms with Crippen LogP contribution in [0.1, 0.15) is 17.3 Å². The summed E-state index contributed by atoms with van der Waals surface area (Å²) < 4.78 is 7.24. The Morgan fingerprint density at radius 3 is 2.68 bits per heavy atom. The van der Waals surface area contributed by atoms with Gasteiger partial charge in [0.2, 0.25) is 0 Å². The molecule has 1 aromatic heterocycles. The number of hydrogen-bond donors (Lipinski definition) is 1. The van der Waals surface area contributed by atoms with E-state index in [4.69, 9.17) is 4.74 Å². The maximum Gasteiger partial charge on any atom is 0.285 e. The van der Waals surface area contributed by atoms with Crippen LogP contribution < -0.4 is 10.1 Å². The number of benzene rings is 1. The fourth-order valence-electron chi connectivity index (χ4n) is 2.08. The van der Waals surface area contributed by atoms with Gasteiger partial charge in [0.15, 0.2) is 5.56 Å². The molecule has 1 heterocycles. The van der Waals surface area contributed by atoms with Crippen molar-refractivity contribution in [1.29, 1.82) is 0 Å². The molecule has 1 amide bonds. The monoisotopic (exact) mass is 303 g/mol. The summed E-state index contributed by atoms with van der Waals surface area (Å²) in [7, 11) is 0. The van der Waals surface area contributed by atoms with Crippen molar-refractivity contribution in [2.75, 3.05) is 13.2 Å². The summed E-state index contributed by atoms with van der Waals surface area (Å²) in [6, 6.07) is 8.12. The highest BCUT2D eigenvalue weighted by Gasteiger charge is 2.24. The first-order chi connectivity index (χ1) is 10.6. The molecule has 0 saturated heterocycles. The number of nitro groups is 1. The van der Waals surface area contributed by atoms with Gasteiger partial charge >= 0.3 is 0 Å². The van der Waals surface area contributed by atoms with Gasteiger partial charge in [-0.15, -0.1) is 0 Å². The number of amides is 1. The zero-order valence-corrected chi connectivity index (χ0v) is 12.2. The lowest BCUT2D eigenvalue weighted by atomic mass is 10.1. The molecular weight excluding hydrogens is 286 g/mol. The Morgan fingerprint density at radius 2 is 2.05 bits per heavy atom. The van der Waals surface area contributed by atoms with Crippen molar-refractivity contribution in [3.8, 4) is 5.75 Å². The predicted octanol–water partition coefficient (Wildman–Crippen LogP) is 2.22. The number of ether oxygens (including phenoxy) is 1. The van der Waals surface area contributed by atoms with Gasteiger partial charge in [0.05, 0.1) is 11.5 Å². The Morgan fingerprint density at radius 1 is 1.32 bits per heavy atom. The first-order valence-electron chi connectivity index (χ1n) is 6.92. The minimum absolute atomic E-state index is 0.0399. The van der Waals surface area contributed by atoms with E-state index in [-0.39, 0.29) is 17.0 Å². The maximum atomic E-state index is 12.3. The standard InChI is InChI=1S/C15H17N3O4/c1-2-22-13-7-5-6-12(18(20)21)14(13)15(19)16-8-11-17-9-3-4-10-17/h3-7,9-10H,2,8,11H2,1H3,(H,16,19). The number of rotatable bonds is 7. The number of nitro benzene ring substituents is 1. The number of carbonyl (C=O) groups is 1. The largest absolute Gasteiger partial charge is 0.493 e. The average Bonchev–Trinajstić information content (AvgIpc) is 3.00. The fraction of sp³-hybridized carbons (Fsp3) is 0.267. The molecule has 0 radical (unpaired) electrons. The third kappa shape index (κ3) is 3.63. The Kier molecular flexibility index (Phi) is 5.13. The number of carbonyl (C=O) groups excluding carboxylic acids is 1. The van der Waals surface area contributed by atoms with Crippen LogP contribution in [0.2, 0.25) is 0 Å². The van der Waals surface area contributed by atoms with Crippen LogP contribution in [-0.2, 0) is 6.54 Å². The zero-order chi connectivity index (χ0) is 15.9. The van der Waals surface area contributed by atoms with Crippen molar-refractivity contribution in [1.82, 2.24) is 9.88 Å². The van der Waals surface area contributed by atoms with Gasteiger partial charge in [-0.2, -0.15) is 0 Å². The molecule has 0 fully saturated rings. The summed E-state index contributed by atoms with van der Waals surface area (Å²) in [5.74, 6) is -0.293. The van der Waals surface area contributed by atoms with E-state index in [0.717, 1.165) is 0 Å². The number of hydrogen-bond acceptors (Lipinski definition) is 4. The minimum Gasteiger partial charge on any atom is -0.493 e. The van der Waals surface area contributed by atoms with Crippen molar-refractivity contribution in [3.63, 3.8) is 0 Å². The molecule has 0 aliphatic heterocycles. The van der Waals surface area contributed by atoms with Gasteiger partial charge < -0.3 is 14.6 Å². The van der Waals surface area contributed by atoms with Crippen LogP contribution in [0.3, 0.4) is 0 Å². The molecule has 2 rings (SSSR count). The highest BCUT2D eigenvalue weighted by molar-refractivity contribution is 6.00. The van der Waals surface area contributed by atoms with Crippen molar-refractivity contribution in [3.05, 3.63) is 58.4 Å². The molecule has 1 aromatic carbocycles. The second kappa shape index (κ2) is 7.26. The summed E-state index contributed by atoms with van der Waals surface area (Å²) in [6.07, 6.45) is 3.76. The molecule has 0 unspecified atom stereocenters. The fourth-order valence-corrected chi connectivity index (χ4v) is 2.08. The Hall–Kier alpha value is -2.83. The van der Waals surface area contributed by atoms with E-state index >= 15 is 0 Å². The molecular formula is C15H17N3O4. The highest BCUT2D eigenvalue weighted by atomic mass is 16.6. The van der Waals surface area contributed by atoms with E-state index in [1.165, 1.54) is 12.1 Å². The van der Waals surface area contributed by atoms with E-state index in [2.05, 4.69) is 5.32 Å². The van der Waals surface area contributed by atoms with Crippen LogP contribution in [0.25, 0.3) is 0 Å². The van der Waals surface area contributed by atoms with Crippen LogP contribution in [0, 0.1) is 10.1 Å². The second-order valence-electron chi connectivity index (χ2n) is 4.52. The van der Waals surface area contributed by atoms with E-state index in [0.29, 0.717) is 19.7 Å². The maximum absolute atomic E-state index is 12.3. The molecule has 116 valence electrons. The molecule has 22 heavy (non-hydrogen) atoms. The second-order valence-corrected chi connectivity index (χ2v) is 4.52. The highest BCUT2D eigenvalue weighted by Crippen LogP contribution is 2.28. The summed E-state index contributed by atoms with van der Waals surface area (Å²) in [4.78, 5) is 22.8. The van der Waals surface area contributed by atoms with Gasteiger partial charge in [0.1, 0.15) is 5.75 Å². The molecule has 0 spiro atoms. The quantitative estimate of drug-likeness (QED) is 0.627. The SMILES string of the molecule is CCOc1cccc([N+](=O)[O-])c1C(=O)NCCn1cccc1. The molecule has 0 saturated carbocycles.